The molecule has 0 unspecified atom stereocenters. The largest absolute Gasteiger partial charge is 0.481 e. The summed E-state index contributed by atoms with van der Waals surface area (Å²) in [6.45, 7) is 9.03. The van der Waals surface area contributed by atoms with Gasteiger partial charge in [0.15, 0.2) is 0 Å². The Hall–Kier alpha value is -0.940. The topological polar surface area (TPSA) is 53.4 Å². The van der Waals surface area contributed by atoms with Crippen LogP contribution in [0.5, 0.6) is 0 Å². The zero-order valence-electron chi connectivity index (χ0n) is 10.7. The molecule has 0 aliphatic rings. The molecule has 0 atom stereocenters. The van der Waals surface area contributed by atoms with Gasteiger partial charge in [0, 0.05) is 11.4 Å². The van der Waals surface area contributed by atoms with Crippen molar-refractivity contribution in [3.8, 4) is 0 Å². The number of nitrogens with zero attached hydrogens (tertiary/aromatic N) is 2. The second-order valence-electron chi connectivity index (χ2n) is 3.86. The molecule has 0 amide bonds. The number of thiazole rings is 1. The van der Waals surface area contributed by atoms with Crippen LogP contribution in [0, 0.1) is 0 Å². The van der Waals surface area contributed by atoms with E-state index in [0.717, 1.165) is 41.6 Å². The van der Waals surface area contributed by atoms with E-state index in [-0.39, 0.29) is 6.42 Å². The van der Waals surface area contributed by atoms with Crippen LogP contribution < -0.4 is 0 Å². The van der Waals surface area contributed by atoms with Gasteiger partial charge in [-0.2, -0.15) is 0 Å². The maximum absolute atomic E-state index is 10.8. The van der Waals surface area contributed by atoms with E-state index in [1.807, 2.05) is 6.92 Å². The van der Waals surface area contributed by atoms with Gasteiger partial charge >= 0.3 is 5.97 Å². The summed E-state index contributed by atoms with van der Waals surface area (Å²) in [6, 6.07) is 0. The van der Waals surface area contributed by atoms with Gasteiger partial charge in [-0.1, -0.05) is 20.8 Å². The van der Waals surface area contributed by atoms with Gasteiger partial charge in [0.2, 0.25) is 0 Å². The summed E-state index contributed by atoms with van der Waals surface area (Å²) < 4.78 is 0. The first-order valence-corrected chi connectivity index (χ1v) is 6.83. The molecule has 0 aliphatic carbocycles. The van der Waals surface area contributed by atoms with Crippen LogP contribution in [0.25, 0.3) is 0 Å². The van der Waals surface area contributed by atoms with E-state index in [2.05, 4.69) is 23.7 Å². The molecule has 1 aromatic heterocycles. The number of hydrogen-bond acceptors (Lipinski definition) is 4. The van der Waals surface area contributed by atoms with Gasteiger partial charge in [0.05, 0.1) is 17.1 Å². The standard InChI is InChI=1S/C12H20N2O2S/c1-4-11-13-9(7-12(15)16)10(17-11)8-14(5-2)6-3/h4-8H2,1-3H3,(H,15,16). The summed E-state index contributed by atoms with van der Waals surface area (Å²) >= 11 is 1.64. The normalized spacial score (nSPS) is 11.1. The first-order valence-electron chi connectivity index (χ1n) is 6.02. The highest BCUT2D eigenvalue weighted by molar-refractivity contribution is 7.11. The zero-order valence-corrected chi connectivity index (χ0v) is 11.5. The summed E-state index contributed by atoms with van der Waals surface area (Å²) in [5.74, 6) is -0.807. The molecule has 1 heterocycles. The molecular weight excluding hydrogens is 236 g/mol. The van der Waals surface area contributed by atoms with Crippen molar-refractivity contribution in [1.29, 1.82) is 0 Å². The highest BCUT2D eigenvalue weighted by atomic mass is 32.1. The summed E-state index contributed by atoms with van der Waals surface area (Å²) in [5.41, 5.74) is 0.742. The second-order valence-corrected chi connectivity index (χ2v) is 5.03. The van der Waals surface area contributed by atoms with Crippen molar-refractivity contribution in [2.45, 2.75) is 40.2 Å². The number of carboxylic acid groups (broad SMARTS) is 1. The van der Waals surface area contributed by atoms with Crippen molar-refractivity contribution in [2.24, 2.45) is 0 Å². The average Bonchev–Trinajstić information content (AvgIpc) is 2.67. The summed E-state index contributed by atoms with van der Waals surface area (Å²) in [4.78, 5) is 18.6. The number of hydrogen-bond donors (Lipinski definition) is 1. The van der Waals surface area contributed by atoms with Crippen LogP contribution in [0.4, 0.5) is 0 Å². The van der Waals surface area contributed by atoms with Gasteiger partial charge < -0.3 is 5.11 Å². The Balaban J connectivity index is 2.87. The van der Waals surface area contributed by atoms with E-state index < -0.39 is 5.97 Å². The quantitative estimate of drug-likeness (QED) is 0.812. The molecule has 96 valence electrons. The van der Waals surface area contributed by atoms with E-state index >= 15 is 0 Å². The summed E-state index contributed by atoms with van der Waals surface area (Å²) in [6.07, 6.45) is 0.905. The minimum Gasteiger partial charge on any atom is -0.481 e. The molecule has 0 saturated carbocycles. The number of carbonyl (C=O) groups is 1. The molecule has 0 fully saturated rings. The molecule has 4 nitrogen and oxygen atoms in total. The maximum atomic E-state index is 10.8. The lowest BCUT2D eigenvalue weighted by atomic mass is 10.2. The molecule has 0 saturated heterocycles. The van der Waals surface area contributed by atoms with E-state index in [9.17, 15) is 4.79 Å². The molecule has 17 heavy (non-hydrogen) atoms. The van der Waals surface area contributed by atoms with Gasteiger partial charge in [0.1, 0.15) is 0 Å². The van der Waals surface area contributed by atoms with Crippen LogP contribution in [0.15, 0.2) is 0 Å². The fourth-order valence-corrected chi connectivity index (χ4v) is 2.71. The molecule has 0 aromatic carbocycles. The van der Waals surface area contributed by atoms with Crippen LogP contribution >= 0.6 is 11.3 Å². The van der Waals surface area contributed by atoms with Crippen LogP contribution in [-0.4, -0.2) is 34.0 Å². The Morgan fingerprint density at radius 1 is 1.35 bits per heavy atom. The molecule has 0 spiro atoms. The molecule has 0 bridgehead atoms. The Morgan fingerprint density at radius 2 is 2.00 bits per heavy atom. The Morgan fingerprint density at radius 3 is 2.47 bits per heavy atom. The van der Waals surface area contributed by atoms with Crippen LogP contribution in [0.2, 0.25) is 0 Å². The lowest BCUT2D eigenvalue weighted by Gasteiger charge is -2.17. The van der Waals surface area contributed by atoms with Crippen molar-refractivity contribution < 1.29 is 9.90 Å². The first kappa shape index (κ1) is 14.1. The lowest BCUT2D eigenvalue weighted by molar-refractivity contribution is -0.136. The van der Waals surface area contributed by atoms with Gasteiger partial charge in [-0.25, -0.2) is 4.98 Å². The molecule has 0 aliphatic heterocycles. The predicted molar refractivity (Wildman–Crippen MR) is 69.5 cm³/mol. The Bertz CT molecular complexity index is 373. The van der Waals surface area contributed by atoms with Gasteiger partial charge in [-0.05, 0) is 19.5 Å². The van der Waals surface area contributed by atoms with Crippen LogP contribution in [-0.2, 0) is 24.2 Å². The summed E-state index contributed by atoms with van der Waals surface area (Å²) in [7, 11) is 0. The fraction of sp³-hybridized carbons (Fsp3) is 0.667. The lowest BCUT2D eigenvalue weighted by Crippen LogP contribution is -2.22. The molecule has 1 N–H and O–H groups in total. The van der Waals surface area contributed by atoms with E-state index in [4.69, 9.17) is 5.11 Å². The van der Waals surface area contributed by atoms with Gasteiger partial charge in [0.25, 0.3) is 0 Å². The highest BCUT2D eigenvalue weighted by Gasteiger charge is 2.15. The number of carboxylic acids is 1. The molecule has 1 aromatic rings. The van der Waals surface area contributed by atoms with Crippen LogP contribution in [0.1, 0.15) is 36.3 Å². The predicted octanol–water partition coefficient (Wildman–Crippen LogP) is 2.17. The highest BCUT2D eigenvalue weighted by Crippen LogP contribution is 2.21. The molecule has 1 rings (SSSR count). The number of aryl methyl sites for hydroxylation is 1. The third-order valence-corrected chi connectivity index (χ3v) is 3.93. The van der Waals surface area contributed by atoms with Crippen molar-refractivity contribution in [3.63, 3.8) is 0 Å². The Labute approximate surface area is 106 Å². The van der Waals surface area contributed by atoms with Crippen molar-refractivity contribution >= 4 is 17.3 Å². The van der Waals surface area contributed by atoms with E-state index in [0.29, 0.717) is 0 Å². The number of rotatable bonds is 7. The minimum absolute atomic E-state index is 0.0348. The average molecular weight is 256 g/mol. The molecule has 0 radical (unpaired) electrons. The zero-order chi connectivity index (χ0) is 12.8. The van der Waals surface area contributed by atoms with Gasteiger partial charge in [-0.3, -0.25) is 9.69 Å². The smallest absolute Gasteiger partial charge is 0.309 e. The number of aliphatic carboxylic acids is 1. The SMILES string of the molecule is CCc1nc(CC(=O)O)c(CN(CC)CC)s1. The third-order valence-electron chi connectivity index (χ3n) is 2.71. The van der Waals surface area contributed by atoms with Crippen molar-refractivity contribution in [1.82, 2.24) is 9.88 Å². The Kier molecular flexibility index (Phi) is 5.58. The second kappa shape index (κ2) is 6.71. The monoisotopic (exact) mass is 256 g/mol. The first-order chi connectivity index (χ1) is 8.10. The maximum Gasteiger partial charge on any atom is 0.309 e. The summed E-state index contributed by atoms with van der Waals surface area (Å²) in [5, 5.41) is 9.90. The van der Waals surface area contributed by atoms with E-state index in [1.165, 1.54) is 0 Å². The number of aromatic nitrogens is 1. The van der Waals surface area contributed by atoms with Crippen molar-refractivity contribution in [2.75, 3.05) is 13.1 Å². The van der Waals surface area contributed by atoms with Gasteiger partial charge in [-0.15, -0.1) is 11.3 Å². The fourth-order valence-electron chi connectivity index (χ4n) is 1.64. The minimum atomic E-state index is -0.807. The third kappa shape index (κ3) is 4.09. The van der Waals surface area contributed by atoms with E-state index in [1.54, 1.807) is 11.3 Å². The van der Waals surface area contributed by atoms with Crippen LogP contribution in [0.3, 0.4) is 0 Å². The molecule has 5 heteroatoms. The van der Waals surface area contributed by atoms with Crippen molar-refractivity contribution in [3.05, 3.63) is 15.6 Å². The molecular formula is C12H20N2O2S.